The Balaban J connectivity index is 0.00000288. The fourth-order valence-corrected chi connectivity index (χ4v) is 2.80. The Morgan fingerprint density at radius 2 is 1.96 bits per heavy atom. The Morgan fingerprint density at radius 1 is 1.25 bits per heavy atom. The normalized spacial score (nSPS) is 14.4. The van der Waals surface area contributed by atoms with Crippen LogP contribution >= 0.6 is 12.4 Å². The molecular formula is C17H26ClN3O3. The first kappa shape index (κ1) is 20.3. The number of carbonyl (C=O) groups excluding carboxylic acids is 2. The van der Waals surface area contributed by atoms with Gasteiger partial charge in [-0.1, -0.05) is 0 Å². The van der Waals surface area contributed by atoms with E-state index in [1.54, 1.807) is 25.3 Å². The monoisotopic (exact) mass is 355 g/mol. The van der Waals surface area contributed by atoms with Crippen molar-refractivity contribution in [1.29, 1.82) is 0 Å². The Kier molecular flexibility index (Phi) is 8.57. The first-order chi connectivity index (χ1) is 11.1. The van der Waals surface area contributed by atoms with Crippen LogP contribution in [0.15, 0.2) is 18.2 Å². The molecule has 134 valence electrons. The van der Waals surface area contributed by atoms with Crippen LogP contribution in [0.1, 0.15) is 32.6 Å². The molecule has 1 aliphatic heterocycles. The highest BCUT2D eigenvalue weighted by molar-refractivity contribution is 5.94. The van der Waals surface area contributed by atoms with Crippen LogP contribution in [-0.4, -0.2) is 32.0 Å². The number of amides is 2. The van der Waals surface area contributed by atoms with Gasteiger partial charge in [-0.25, -0.2) is 0 Å². The molecule has 1 saturated heterocycles. The number of piperidine rings is 1. The van der Waals surface area contributed by atoms with Crippen molar-refractivity contribution in [3.05, 3.63) is 18.2 Å². The van der Waals surface area contributed by atoms with Crippen LogP contribution in [-0.2, 0) is 9.59 Å². The molecule has 1 heterocycles. The number of halogens is 1. The van der Waals surface area contributed by atoms with E-state index in [4.69, 9.17) is 4.74 Å². The minimum Gasteiger partial charge on any atom is -0.495 e. The van der Waals surface area contributed by atoms with Crippen LogP contribution in [0.5, 0.6) is 5.75 Å². The number of methoxy groups -OCH3 is 1. The van der Waals surface area contributed by atoms with Crippen molar-refractivity contribution in [2.24, 2.45) is 5.92 Å². The third-order valence-electron chi connectivity index (χ3n) is 4.03. The predicted octanol–water partition coefficient (Wildman–Crippen LogP) is 2.79. The average molecular weight is 356 g/mol. The molecule has 0 aliphatic carbocycles. The van der Waals surface area contributed by atoms with Crippen LogP contribution in [0, 0.1) is 5.92 Å². The molecule has 7 heteroatoms. The molecule has 0 saturated carbocycles. The molecule has 1 fully saturated rings. The van der Waals surface area contributed by atoms with Gasteiger partial charge >= 0.3 is 0 Å². The summed E-state index contributed by atoms with van der Waals surface area (Å²) >= 11 is 0. The number of hydrogen-bond donors (Lipinski definition) is 3. The number of ether oxygens (including phenoxy) is 1. The zero-order chi connectivity index (χ0) is 16.7. The molecule has 1 aliphatic rings. The summed E-state index contributed by atoms with van der Waals surface area (Å²) in [7, 11) is 1.55. The van der Waals surface area contributed by atoms with E-state index in [1.807, 2.05) is 0 Å². The number of rotatable bonds is 6. The van der Waals surface area contributed by atoms with Crippen molar-refractivity contribution in [2.75, 3.05) is 30.8 Å². The first-order valence-corrected chi connectivity index (χ1v) is 8.04. The maximum absolute atomic E-state index is 12.2. The van der Waals surface area contributed by atoms with Gasteiger partial charge in [0.05, 0.1) is 12.8 Å². The molecule has 2 amide bonds. The molecular weight excluding hydrogens is 330 g/mol. The Labute approximate surface area is 149 Å². The van der Waals surface area contributed by atoms with Crippen LogP contribution in [0.4, 0.5) is 11.4 Å². The van der Waals surface area contributed by atoms with Gasteiger partial charge in [0, 0.05) is 19.0 Å². The van der Waals surface area contributed by atoms with Crippen molar-refractivity contribution in [1.82, 2.24) is 5.32 Å². The molecule has 24 heavy (non-hydrogen) atoms. The molecule has 1 aromatic carbocycles. The lowest BCUT2D eigenvalue weighted by Crippen LogP contribution is -2.28. The Bertz CT molecular complexity index is 560. The second-order valence-corrected chi connectivity index (χ2v) is 5.88. The first-order valence-electron chi connectivity index (χ1n) is 8.04. The summed E-state index contributed by atoms with van der Waals surface area (Å²) < 4.78 is 5.26. The van der Waals surface area contributed by atoms with Gasteiger partial charge in [-0.15, -0.1) is 12.4 Å². The maximum atomic E-state index is 12.2. The van der Waals surface area contributed by atoms with Crippen molar-refractivity contribution < 1.29 is 14.3 Å². The van der Waals surface area contributed by atoms with E-state index in [-0.39, 0.29) is 24.2 Å². The van der Waals surface area contributed by atoms with E-state index in [0.717, 1.165) is 32.4 Å². The molecule has 0 atom stereocenters. The standard InChI is InChI=1S/C17H25N3O3.ClH/c1-12(21)19-14-4-5-16(23-2)15(11-14)20-17(22)6-3-13-7-9-18-10-8-13;/h4-5,11,13,18H,3,6-10H2,1-2H3,(H,19,21)(H,20,22);1H. The number of benzene rings is 1. The zero-order valence-corrected chi connectivity index (χ0v) is 15.0. The largest absolute Gasteiger partial charge is 0.495 e. The highest BCUT2D eigenvalue weighted by atomic mass is 35.5. The summed E-state index contributed by atoms with van der Waals surface area (Å²) in [5, 5.41) is 8.91. The van der Waals surface area contributed by atoms with Gasteiger partial charge in [0.25, 0.3) is 0 Å². The molecule has 0 radical (unpaired) electrons. The van der Waals surface area contributed by atoms with Gasteiger partial charge < -0.3 is 20.7 Å². The minimum atomic E-state index is -0.154. The minimum absolute atomic E-state index is 0. The molecule has 6 nitrogen and oxygen atoms in total. The van der Waals surface area contributed by atoms with Crippen LogP contribution in [0.25, 0.3) is 0 Å². The molecule has 2 rings (SSSR count). The third-order valence-corrected chi connectivity index (χ3v) is 4.03. The fraction of sp³-hybridized carbons (Fsp3) is 0.529. The SMILES string of the molecule is COc1ccc(NC(C)=O)cc1NC(=O)CCC1CCNCC1.Cl. The van der Waals surface area contributed by atoms with E-state index in [9.17, 15) is 9.59 Å². The molecule has 0 unspecified atom stereocenters. The summed E-state index contributed by atoms with van der Waals surface area (Å²) in [5.41, 5.74) is 1.21. The van der Waals surface area contributed by atoms with Crippen molar-refractivity contribution in [2.45, 2.75) is 32.6 Å². The molecule has 0 aromatic heterocycles. The lowest BCUT2D eigenvalue weighted by atomic mass is 9.93. The quantitative estimate of drug-likeness (QED) is 0.733. The molecule has 1 aromatic rings. The second-order valence-electron chi connectivity index (χ2n) is 5.88. The molecule has 0 spiro atoms. The summed E-state index contributed by atoms with van der Waals surface area (Å²) in [6.07, 6.45) is 3.67. The number of anilines is 2. The lowest BCUT2D eigenvalue weighted by molar-refractivity contribution is -0.116. The van der Waals surface area contributed by atoms with Crippen molar-refractivity contribution in [3.63, 3.8) is 0 Å². The lowest BCUT2D eigenvalue weighted by Gasteiger charge is -2.22. The Hall–Kier alpha value is -1.79. The smallest absolute Gasteiger partial charge is 0.224 e. The summed E-state index contributed by atoms with van der Waals surface area (Å²) in [6, 6.07) is 5.18. The van der Waals surface area contributed by atoms with E-state index >= 15 is 0 Å². The van der Waals surface area contributed by atoms with Crippen LogP contribution < -0.4 is 20.7 Å². The van der Waals surface area contributed by atoms with Gasteiger partial charge in [-0.3, -0.25) is 9.59 Å². The van der Waals surface area contributed by atoms with E-state index in [1.165, 1.54) is 6.92 Å². The topological polar surface area (TPSA) is 79.5 Å². The van der Waals surface area contributed by atoms with Gasteiger partial charge in [-0.2, -0.15) is 0 Å². The zero-order valence-electron chi connectivity index (χ0n) is 14.2. The summed E-state index contributed by atoms with van der Waals surface area (Å²) in [4.78, 5) is 23.3. The predicted molar refractivity (Wildman–Crippen MR) is 98.0 cm³/mol. The fourth-order valence-electron chi connectivity index (χ4n) is 2.80. The van der Waals surface area contributed by atoms with Gasteiger partial charge in [-0.05, 0) is 56.5 Å². The Morgan fingerprint density at radius 3 is 2.58 bits per heavy atom. The maximum Gasteiger partial charge on any atom is 0.224 e. The van der Waals surface area contributed by atoms with Gasteiger partial charge in [0.1, 0.15) is 5.75 Å². The summed E-state index contributed by atoms with van der Waals surface area (Å²) in [6.45, 7) is 3.53. The number of hydrogen-bond acceptors (Lipinski definition) is 4. The van der Waals surface area contributed by atoms with E-state index in [2.05, 4.69) is 16.0 Å². The van der Waals surface area contributed by atoms with Gasteiger partial charge in [0.2, 0.25) is 11.8 Å². The average Bonchev–Trinajstić information content (AvgIpc) is 2.54. The van der Waals surface area contributed by atoms with Crippen LogP contribution in [0.2, 0.25) is 0 Å². The van der Waals surface area contributed by atoms with E-state index < -0.39 is 0 Å². The third kappa shape index (κ3) is 6.37. The van der Waals surface area contributed by atoms with Crippen molar-refractivity contribution in [3.8, 4) is 5.75 Å². The molecule has 3 N–H and O–H groups in total. The highest BCUT2D eigenvalue weighted by Crippen LogP contribution is 2.28. The number of nitrogens with one attached hydrogen (secondary N) is 3. The van der Waals surface area contributed by atoms with Crippen molar-refractivity contribution >= 4 is 35.6 Å². The second kappa shape index (κ2) is 10.2. The molecule has 0 bridgehead atoms. The van der Waals surface area contributed by atoms with Crippen LogP contribution in [0.3, 0.4) is 0 Å². The highest BCUT2D eigenvalue weighted by Gasteiger charge is 2.15. The van der Waals surface area contributed by atoms with E-state index in [0.29, 0.717) is 29.5 Å². The van der Waals surface area contributed by atoms with Gasteiger partial charge in [0.15, 0.2) is 0 Å². The number of carbonyl (C=O) groups is 2. The summed E-state index contributed by atoms with van der Waals surface area (Å²) in [5.74, 6) is 1.02.